The van der Waals surface area contributed by atoms with Crippen LogP contribution in [0.3, 0.4) is 0 Å². The molecule has 1 saturated heterocycles. The largest absolute Gasteiger partial charge is 0.378 e. The van der Waals surface area contributed by atoms with Gasteiger partial charge >= 0.3 is 0 Å². The summed E-state index contributed by atoms with van der Waals surface area (Å²) in [6.07, 6.45) is 4.16. The highest BCUT2D eigenvalue weighted by atomic mass is 16.6. The van der Waals surface area contributed by atoms with Gasteiger partial charge in [-0.1, -0.05) is 0 Å². The Balaban J connectivity index is 1.67. The van der Waals surface area contributed by atoms with E-state index >= 15 is 0 Å². The zero-order valence-electron chi connectivity index (χ0n) is 13.6. The van der Waals surface area contributed by atoms with Gasteiger partial charge in [-0.25, -0.2) is 4.98 Å². The number of aryl methyl sites for hydroxylation is 2. The zero-order valence-corrected chi connectivity index (χ0v) is 13.6. The van der Waals surface area contributed by atoms with E-state index in [9.17, 15) is 20.0 Å². The van der Waals surface area contributed by atoms with E-state index in [1.165, 1.54) is 6.07 Å². The van der Waals surface area contributed by atoms with Crippen LogP contribution in [-0.4, -0.2) is 38.6 Å². The van der Waals surface area contributed by atoms with Crippen molar-refractivity contribution >= 4 is 23.0 Å². The van der Waals surface area contributed by atoms with Gasteiger partial charge in [0.2, 0.25) is 5.91 Å². The van der Waals surface area contributed by atoms with Crippen LogP contribution in [0.1, 0.15) is 17.8 Å². The quantitative estimate of drug-likeness (QED) is 0.633. The minimum absolute atomic E-state index is 0.0169. The number of nitro benzene ring substituents is 1. The van der Waals surface area contributed by atoms with Crippen LogP contribution < -0.4 is 10.2 Å². The number of hydrogen-bond donors (Lipinski definition) is 2. The normalized spacial score (nSPS) is 18.3. The monoisotopic (exact) mass is 343 g/mol. The third-order valence-corrected chi connectivity index (χ3v) is 4.78. The number of aliphatic hydroxyl groups is 1. The Bertz CT molecular complexity index is 885. The first-order chi connectivity index (χ1) is 11.9. The summed E-state index contributed by atoms with van der Waals surface area (Å²) in [7, 11) is 1.79. The molecular formula is C16H17N5O4. The molecule has 1 aromatic carbocycles. The molecule has 0 atom stereocenters. The van der Waals surface area contributed by atoms with E-state index in [-0.39, 0.29) is 24.7 Å². The molecule has 0 radical (unpaired) electrons. The van der Waals surface area contributed by atoms with E-state index in [1.807, 2.05) is 0 Å². The van der Waals surface area contributed by atoms with Crippen LogP contribution in [0.2, 0.25) is 0 Å². The number of rotatable bonds is 3. The number of anilines is 2. The van der Waals surface area contributed by atoms with E-state index in [0.29, 0.717) is 30.0 Å². The molecule has 0 aliphatic carbocycles. The first-order valence-corrected chi connectivity index (χ1v) is 7.94. The smallest absolute Gasteiger partial charge is 0.292 e. The van der Waals surface area contributed by atoms with Crippen LogP contribution in [0.5, 0.6) is 0 Å². The molecular weight excluding hydrogens is 326 g/mol. The van der Waals surface area contributed by atoms with Gasteiger partial charge in [-0.2, -0.15) is 0 Å². The number of aromatic nitrogens is 2. The van der Waals surface area contributed by atoms with Crippen molar-refractivity contribution < 1.29 is 14.8 Å². The summed E-state index contributed by atoms with van der Waals surface area (Å²) >= 11 is 0. The summed E-state index contributed by atoms with van der Waals surface area (Å²) in [4.78, 5) is 28.5. The first kappa shape index (κ1) is 15.6. The van der Waals surface area contributed by atoms with E-state index in [4.69, 9.17) is 0 Å². The number of nitro groups is 1. The summed E-state index contributed by atoms with van der Waals surface area (Å²) in [6, 6.07) is 3.14. The van der Waals surface area contributed by atoms with Crippen LogP contribution in [0.15, 0.2) is 24.5 Å². The number of β-amino-alcohol motifs (C(OH)–C–C–N with tert-alkyl or cyclic N) is 1. The van der Waals surface area contributed by atoms with Crippen molar-refractivity contribution in [2.24, 2.45) is 7.05 Å². The molecule has 130 valence electrons. The lowest BCUT2D eigenvalue weighted by molar-refractivity contribution is -0.384. The molecule has 0 bridgehead atoms. The van der Waals surface area contributed by atoms with Crippen LogP contribution in [0, 0.1) is 10.1 Å². The molecule has 1 aromatic heterocycles. The second kappa shape index (κ2) is 5.28. The van der Waals surface area contributed by atoms with Crippen molar-refractivity contribution in [3.63, 3.8) is 0 Å². The fourth-order valence-corrected chi connectivity index (χ4v) is 3.51. The van der Waals surface area contributed by atoms with Gasteiger partial charge < -0.3 is 19.9 Å². The Morgan fingerprint density at radius 3 is 2.76 bits per heavy atom. The molecule has 0 saturated carbocycles. The average molecular weight is 343 g/mol. The predicted octanol–water partition coefficient (Wildman–Crippen LogP) is 0.921. The third kappa shape index (κ3) is 2.43. The molecule has 2 aliphatic heterocycles. The minimum Gasteiger partial charge on any atom is -0.378 e. The molecule has 9 heteroatoms. The lowest BCUT2D eigenvalue weighted by atomic mass is 9.91. The number of imidazole rings is 1. The Morgan fingerprint density at radius 1 is 1.36 bits per heavy atom. The van der Waals surface area contributed by atoms with E-state index < -0.39 is 10.5 Å². The van der Waals surface area contributed by atoms with Crippen LogP contribution in [0.25, 0.3) is 0 Å². The van der Waals surface area contributed by atoms with Gasteiger partial charge in [0.05, 0.1) is 18.0 Å². The van der Waals surface area contributed by atoms with Gasteiger partial charge in [-0.15, -0.1) is 0 Å². The number of hydrogen-bond acceptors (Lipinski definition) is 6. The second-order valence-corrected chi connectivity index (χ2v) is 6.55. The molecule has 4 rings (SSSR count). The van der Waals surface area contributed by atoms with Gasteiger partial charge in [0.25, 0.3) is 5.69 Å². The highest BCUT2D eigenvalue weighted by molar-refractivity contribution is 5.95. The third-order valence-electron chi connectivity index (χ3n) is 4.78. The molecule has 0 unspecified atom stereocenters. The van der Waals surface area contributed by atoms with Crippen LogP contribution in [0.4, 0.5) is 17.1 Å². The van der Waals surface area contributed by atoms with Gasteiger partial charge in [-0.05, 0) is 18.1 Å². The van der Waals surface area contributed by atoms with Crippen molar-refractivity contribution in [2.75, 3.05) is 23.3 Å². The highest BCUT2D eigenvalue weighted by Gasteiger charge is 2.47. The summed E-state index contributed by atoms with van der Waals surface area (Å²) < 4.78 is 1.73. The van der Waals surface area contributed by atoms with E-state index in [2.05, 4.69) is 10.3 Å². The number of nitrogens with one attached hydrogen (secondary N) is 1. The fourth-order valence-electron chi connectivity index (χ4n) is 3.51. The Kier molecular flexibility index (Phi) is 3.29. The van der Waals surface area contributed by atoms with Crippen molar-refractivity contribution in [1.29, 1.82) is 0 Å². The Hall–Kier alpha value is -2.94. The number of carbonyl (C=O) groups excluding carboxylic acids is 1. The fraction of sp³-hybridized carbons (Fsp3) is 0.375. The zero-order chi connectivity index (χ0) is 17.8. The molecule has 9 nitrogen and oxygen atoms in total. The molecule has 1 fully saturated rings. The summed E-state index contributed by atoms with van der Waals surface area (Å²) in [5, 5.41) is 25.0. The van der Waals surface area contributed by atoms with Gasteiger partial charge in [-0.3, -0.25) is 14.9 Å². The standard InChI is InChI=1S/C16H17N5O4/c1-19-5-4-17-15(19)16(23)8-20(9-16)12-7-11-10(2-3-14(22)18-11)6-13(12)21(24)25/h4-7,23H,2-3,8-9H2,1H3,(H,18,22). The maximum absolute atomic E-state index is 11.6. The average Bonchev–Trinajstić information content (AvgIpc) is 2.97. The number of fused-ring (bicyclic) bond motifs is 1. The number of amides is 1. The minimum atomic E-state index is -1.15. The second-order valence-electron chi connectivity index (χ2n) is 6.55. The van der Waals surface area contributed by atoms with E-state index in [1.54, 1.807) is 35.0 Å². The summed E-state index contributed by atoms with van der Waals surface area (Å²) in [5.41, 5.74) is 0.589. The van der Waals surface area contributed by atoms with Gasteiger partial charge in [0.1, 0.15) is 11.5 Å². The SMILES string of the molecule is Cn1ccnc1C1(O)CN(c2cc3c(cc2[N+](=O)[O-])CCC(=O)N3)C1. The molecule has 3 heterocycles. The summed E-state index contributed by atoms with van der Waals surface area (Å²) in [6.45, 7) is 0.400. The molecule has 2 aromatic rings. The topological polar surface area (TPSA) is 114 Å². The van der Waals surface area contributed by atoms with Gasteiger partial charge in [0, 0.05) is 37.6 Å². The van der Waals surface area contributed by atoms with Crippen LogP contribution in [-0.2, 0) is 23.9 Å². The van der Waals surface area contributed by atoms with Crippen molar-refractivity contribution in [2.45, 2.75) is 18.4 Å². The van der Waals surface area contributed by atoms with Crippen LogP contribution >= 0.6 is 0 Å². The van der Waals surface area contributed by atoms with Crippen molar-refractivity contribution in [3.05, 3.63) is 46.0 Å². The number of nitrogens with zero attached hydrogens (tertiary/aromatic N) is 4. The molecule has 1 amide bonds. The molecule has 2 N–H and O–H groups in total. The van der Waals surface area contributed by atoms with E-state index in [0.717, 1.165) is 5.56 Å². The lowest BCUT2D eigenvalue weighted by Gasteiger charge is -2.46. The highest BCUT2D eigenvalue weighted by Crippen LogP contribution is 2.42. The lowest BCUT2D eigenvalue weighted by Crippen LogP contribution is -2.60. The number of carbonyl (C=O) groups is 1. The molecule has 2 aliphatic rings. The maximum Gasteiger partial charge on any atom is 0.292 e. The number of benzene rings is 1. The van der Waals surface area contributed by atoms with Gasteiger partial charge in [0.15, 0.2) is 5.60 Å². The maximum atomic E-state index is 11.6. The first-order valence-electron chi connectivity index (χ1n) is 7.94. The summed E-state index contributed by atoms with van der Waals surface area (Å²) in [5.74, 6) is 0.429. The van der Waals surface area contributed by atoms with Crippen molar-refractivity contribution in [1.82, 2.24) is 9.55 Å². The Labute approximate surface area is 143 Å². The molecule has 0 spiro atoms. The predicted molar refractivity (Wildman–Crippen MR) is 89.4 cm³/mol. The van der Waals surface area contributed by atoms with Crippen molar-refractivity contribution in [3.8, 4) is 0 Å². The Morgan fingerprint density at radius 2 is 2.12 bits per heavy atom. The molecule has 25 heavy (non-hydrogen) atoms.